The number of carbonyl (C=O) groups is 2. The summed E-state index contributed by atoms with van der Waals surface area (Å²) in [4.78, 5) is 24.9. The van der Waals surface area contributed by atoms with Gasteiger partial charge in [0.25, 0.3) is 0 Å². The summed E-state index contributed by atoms with van der Waals surface area (Å²) < 4.78 is 11.1. The molecule has 0 aromatic rings. The molecule has 1 heterocycles. The molecule has 0 spiro atoms. The highest BCUT2D eigenvalue weighted by atomic mass is 16.7. The van der Waals surface area contributed by atoms with Crippen LogP contribution in [0.3, 0.4) is 0 Å². The molecule has 8 atom stereocenters. The van der Waals surface area contributed by atoms with Crippen molar-refractivity contribution in [3.63, 3.8) is 0 Å². The summed E-state index contributed by atoms with van der Waals surface area (Å²) in [6.45, 7) is 11.9. The van der Waals surface area contributed by atoms with Crippen molar-refractivity contribution < 1.29 is 19.1 Å². The smallest absolute Gasteiger partial charge is 0.308 e. The van der Waals surface area contributed by atoms with Gasteiger partial charge < -0.3 is 9.47 Å². The van der Waals surface area contributed by atoms with Crippen LogP contribution >= 0.6 is 0 Å². The van der Waals surface area contributed by atoms with Crippen LogP contribution in [0.5, 0.6) is 0 Å². The molecule has 0 radical (unpaired) electrons. The average Bonchev–Trinajstić information content (AvgIpc) is 3.21. The molecular weight excluding hydrogens is 388 g/mol. The maximum absolute atomic E-state index is 12.8. The van der Waals surface area contributed by atoms with E-state index >= 15 is 0 Å². The minimum atomic E-state index is -0.387. The number of esters is 1. The van der Waals surface area contributed by atoms with Crippen molar-refractivity contribution in [3.05, 3.63) is 11.6 Å². The molecule has 0 amide bonds. The number of methoxy groups -OCH3 is 1. The predicted octanol–water partition coefficient (Wildman–Crippen LogP) is 5.70. The van der Waals surface area contributed by atoms with Gasteiger partial charge in [-0.15, -0.1) is 0 Å². The molecule has 0 aromatic carbocycles. The zero-order chi connectivity index (χ0) is 22.4. The van der Waals surface area contributed by atoms with Gasteiger partial charge >= 0.3 is 5.97 Å². The Morgan fingerprint density at radius 3 is 2.48 bits per heavy atom. The molecule has 3 saturated carbocycles. The fourth-order valence-electron chi connectivity index (χ4n) is 9.35. The van der Waals surface area contributed by atoms with E-state index in [4.69, 9.17) is 9.47 Å². The summed E-state index contributed by atoms with van der Waals surface area (Å²) in [5, 5.41) is 0. The van der Waals surface area contributed by atoms with E-state index < -0.39 is 0 Å². The molecule has 0 aromatic heterocycles. The van der Waals surface area contributed by atoms with Crippen molar-refractivity contribution in [1.82, 2.24) is 0 Å². The standard InChI is InChI=1S/C27H40O4/c1-24(2)20-8-7-19-18(25(20,3)12-11-21(24)28)10-14-26(4)17(9-13-27(19,26)5)16-15-22(29)31-23(16)30-6/h7,16-18,20,23H,8-15H2,1-6H3. The average molecular weight is 429 g/mol. The van der Waals surface area contributed by atoms with Gasteiger partial charge in [-0.3, -0.25) is 9.59 Å². The Hall–Kier alpha value is -1.16. The molecule has 4 aliphatic carbocycles. The molecule has 31 heavy (non-hydrogen) atoms. The highest BCUT2D eigenvalue weighted by Gasteiger charge is 2.66. The Kier molecular flexibility index (Phi) is 4.67. The van der Waals surface area contributed by atoms with E-state index in [0.717, 1.165) is 25.7 Å². The van der Waals surface area contributed by atoms with Crippen LogP contribution in [0.15, 0.2) is 11.6 Å². The largest absolute Gasteiger partial charge is 0.435 e. The Bertz CT molecular complexity index is 842. The van der Waals surface area contributed by atoms with E-state index in [1.807, 2.05) is 0 Å². The summed E-state index contributed by atoms with van der Waals surface area (Å²) in [5.41, 5.74) is 1.98. The molecule has 4 nitrogen and oxygen atoms in total. The molecular formula is C27H40O4. The lowest BCUT2D eigenvalue weighted by Gasteiger charge is -2.63. The van der Waals surface area contributed by atoms with E-state index in [1.165, 1.54) is 19.3 Å². The first-order chi connectivity index (χ1) is 14.5. The zero-order valence-corrected chi connectivity index (χ0v) is 20.3. The SMILES string of the molecule is COC1OC(=O)CC1C1CCC2(C)C3=CCC4C(C)(C)C(=O)CCC4(C)C3CCC12C. The minimum Gasteiger partial charge on any atom is -0.435 e. The summed E-state index contributed by atoms with van der Waals surface area (Å²) in [6.07, 6.45) is 10.2. The highest BCUT2D eigenvalue weighted by molar-refractivity contribution is 5.85. The summed E-state index contributed by atoms with van der Waals surface area (Å²) in [5.74, 6) is 1.99. The Labute approximate surface area is 187 Å². The molecule has 5 aliphatic rings. The first-order valence-electron chi connectivity index (χ1n) is 12.4. The highest BCUT2D eigenvalue weighted by Crippen LogP contribution is 2.73. The fraction of sp³-hybridized carbons (Fsp3) is 0.852. The number of Topliss-reactive ketones (excluding diaryl/α,β-unsaturated/α-hetero) is 1. The Morgan fingerprint density at radius 2 is 1.77 bits per heavy atom. The van der Waals surface area contributed by atoms with Gasteiger partial charge in [-0.25, -0.2) is 0 Å². The van der Waals surface area contributed by atoms with E-state index in [1.54, 1.807) is 12.7 Å². The van der Waals surface area contributed by atoms with E-state index in [-0.39, 0.29) is 39.8 Å². The van der Waals surface area contributed by atoms with E-state index in [0.29, 0.717) is 30.0 Å². The molecule has 8 unspecified atom stereocenters. The lowest BCUT2D eigenvalue weighted by Crippen LogP contribution is -2.57. The maximum Gasteiger partial charge on any atom is 0.308 e. The molecule has 1 aliphatic heterocycles. The van der Waals surface area contributed by atoms with Crippen LogP contribution in [0.1, 0.15) is 86.0 Å². The summed E-state index contributed by atoms with van der Waals surface area (Å²) in [7, 11) is 1.67. The van der Waals surface area contributed by atoms with Gasteiger partial charge in [0, 0.05) is 24.9 Å². The first kappa shape index (κ1) is 21.7. The monoisotopic (exact) mass is 428 g/mol. The van der Waals surface area contributed by atoms with Gasteiger partial charge in [-0.1, -0.05) is 46.3 Å². The van der Waals surface area contributed by atoms with Gasteiger partial charge in [-0.2, -0.15) is 0 Å². The molecule has 4 fully saturated rings. The molecule has 4 heteroatoms. The van der Waals surface area contributed by atoms with Crippen molar-refractivity contribution >= 4 is 11.8 Å². The van der Waals surface area contributed by atoms with Crippen molar-refractivity contribution in [1.29, 1.82) is 0 Å². The predicted molar refractivity (Wildman–Crippen MR) is 119 cm³/mol. The quantitative estimate of drug-likeness (QED) is 0.418. The second-order valence-electron chi connectivity index (χ2n) is 12.5. The van der Waals surface area contributed by atoms with Gasteiger partial charge in [-0.05, 0) is 72.5 Å². The third-order valence-corrected chi connectivity index (χ3v) is 11.4. The second kappa shape index (κ2) is 6.68. The molecule has 172 valence electrons. The summed E-state index contributed by atoms with van der Waals surface area (Å²) >= 11 is 0. The van der Waals surface area contributed by atoms with E-state index in [2.05, 4.69) is 40.7 Å². The second-order valence-corrected chi connectivity index (χ2v) is 12.5. The summed E-state index contributed by atoms with van der Waals surface area (Å²) in [6, 6.07) is 0. The van der Waals surface area contributed by atoms with Crippen LogP contribution in [0.4, 0.5) is 0 Å². The van der Waals surface area contributed by atoms with Crippen LogP contribution in [-0.2, 0) is 19.1 Å². The van der Waals surface area contributed by atoms with Crippen molar-refractivity contribution in [3.8, 4) is 0 Å². The van der Waals surface area contributed by atoms with Gasteiger partial charge in [0.05, 0.1) is 6.42 Å². The van der Waals surface area contributed by atoms with Crippen LogP contribution in [0.25, 0.3) is 0 Å². The van der Waals surface area contributed by atoms with Crippen molar-refractivity contribution in [2.24, 2.45) is 45.3 Å². The zero-order valence-electron chi connectivity index (χ0n) is 20.3. The Morgan fingerprint density at radius 1 is 1.03 bits per heavy atom. The number of cyclic esters (lactones) is 1. The minimum absolute atomic E-state index is 0.107. The number of fused-ring (bicyclic) bond motifs is 5. The number of ketones is 1. The number of hydrogen-bond acceptors (Lipinski definition) is 4. The lowest BCUT2D eigenvalue weighted by atomic mass is 9.41. The normalized spacial score (nSPS) is 50.9. The van der Waals surface area contributed by atoms with Gasteiger partial charge in [0.15, 0.2) is 0 Å². The van der Waals surface area contributed by atoms with Gasteiger partial charge in [0.2, 0.25) is 6.29 Å². The van der Waals surface area contributed by atoms with Crippen LogP contribution in [-0.4, -0.2) is 25.2 Å². The molecule has 0 N–H and O–H groups in total. The Balaban J connectivity index is 1.51. The topological polar surface area (TPSA) is 52.6 Å². The third-order valence-electron chi connectivity index (χ3n) is 11.4. The maximum atomic E-state index is 12.8. The fourth-order valence-corrected chi connectivity index (χ4v) is 9.35. The van der Waals surface area contributed by atoms with E-state index in [9.17, 15) is 9.59 Å². The van der Waals surface area contributed by atoms with Crippen molar-refractivity contribution in [2.45, 2.75) is 92.3 Å². The molecule has 0 bridgehead atoms. The molecule has 5 rings (SSSR count). The number of ether oxygens (including phenoxy) is 2. The van der Waals surface area contributed by atoms with Gasteiger partial charge in [0.1, 0.15) is 5.78 Å². The number of allylic oxidation sites excluding steroid dienone is 2. The third kappa shape index (κ3) is 2.63. The van der Waals surface area contributed by atoms with Crippen LogP contribution in [0.2, 0.25) is 0 Å². The van der Waals surface area contributed by atoms with Crippen LogP contribution < -0.4 is 0 Å². The number of rotatable bonds is 2. The molecule has 1 saturated heterocycles. The lowest BCUT2D eigenvalue weighted by molar-refractivity contribution is -0.166. The number of hydrogen-bond donors (Lipinski definition) is 0. The van der Waals surface area contributed by atoms with Crippen molar-refractivity contribution in [2.75, 3.05) is 7.11 Å². The van der Waals surface area contributed by atoms with Crippen LogP contribution in [0, 0.1) is 45.3 Å². The first-order valence-corrected chi connectivity index (χ1v) is 12.4. The number of carbonyl (C=O) groups excluding carboxylic acids is 2.